The molecule has 0 atom stereocenters. The number of hydrogen-bond donors (Lipinski definition) is 1. The van der Waals surface area contributed by atoms with Crippen molar-refractivity contribution < 1.29 is 14.3 Å². The fourth-order valence-corrected chi connectivity index (χ4v) is 3.23. The largest absolute Gasteiger partial charge is 0.443 e. The van der Waals surface area contributed by atoms with Gasteiger partial charge in [0.25, 0.3) is 0 Å². The highest BCUT2D eigenvalue weighted by Gasteiger charge is 2.24. The molecule has 1 aromatic heterocycles. The van der Waals surface area contributed by atoms with E-state index in [4.69, 9.17) is 16.3 Å². The first-order chi connectivity index (χ1) is 13.0. The number of halogens is 1. The lowest BCUT2D eigenvalue weighted by Crippen LogP contribution is -2.37. The Morgan fingerprint density at radius 3 is 2.57 bits per heavy atom. The summed E-state index contributed by atoms with van der Waals surface area (Å²) in [6.07, 6.45) is 2.01. The van der Waals surface area contributed by atoms with E-state index < -0.39 is 11.7 Å². The monoisotopic (exact) mass is 423 g/mol. The molecule has 0 saturated carbocycles. The summed E-state index contributed by atoms with van der Waals surface area (Å²) in [4.78, 5) is 31.5. The van der Waals surface area contributed by atoms with E-state index in [-0.39, 0.29) is 12.3 Å². The van der Waals surface area contributed by atoms with E-state index in [1.807, 2.05) is 40.7 Å². The van der Waals surface area contributed by atoms with Crippen LogP contribution in [0.4, 0.5) is 15.6 Å². The van der Waals surface area contributed by atoms with Crippen molar-refractivity contribution in [1.82, 2.24) is 4.98 Å². The zero-order chi connectivity index (χ0) is 20.9. The molecule has 28 heavy (non-hydrogen) atoms. The van der Waals surface area contributed by atoms with Crippen LogP contribution in [0.5, 0.6) is 0 Å². The highest BCUT2D eigenvalue weighted by atomic mass is 35.5. The Morgan fingerprint density at radius 2 is 2.00 bits per heavy atom. The first-order valence-electron chi connectivity index (χ1n) is 9.04. The van der Waals surface area contributed by atoms with E-state index in [0.717, 1.165) is 10.4 Å². The summed E-state index contributed by atoms with van der Waals surface area (Å²) >= 11 is 7.53. The van der Waals surface area contributed by atoms with Crippen LogP contribution in [0.1, 0.15) is 44.1 Å². The van der Waals surface area contributed by atoms with E-state index in [2.05, 4.69) is 10.3 Å². The van der Waals surface area contributed by atoms with Gasteiger partial charge in [-0.2, -0.15) is 0 Å². The van der Waals surface area contributed by atoms with E-state index in [0.29, 0.717) is 28.8 Å². The molecule has 0 radical (unpaired) electrons. The molecule has 2 aromatic rings. The number of rotatable bonds is 6. The van der Waals surface area contributed by atoms with Gasteiger partial charge in [-0.25, -0.2) is 9.78 Å². The summed E-state index contributed by atoms with van der Waals surface area (Å²) in [7, 11) is 0. The van der Waals surface area contributed by atoms with E-state index >= 15 is 0 Å². The van der Waals surface area contributed by atoms with Gasteiger partial charge in [-0.1, -0.05) is 11.6 Å². The van der Waals surface area contributed by atoms with Crippen LogP contribution in [0.2, 0.25) is 5.02 Å². The van der Waals surface area contributed by atoms with Crippen molar-refractivity contribution in [2.75, 3.05) is 16.8 Å². The van der Waals surface area contributed by atoms with Gasteiger partial charge in [-0.15, -0.1) is 11.3 Å². The van der Waals surface area contributed by atoms with Crippen LogP contribution < -0.4 is 10.2 Å². The van der Waals surface area contributed by atoms with Gasteiger partial charge in [-0.3, -0.25) is 9.69 Å². The highest BCUT2D eigenvalue weighted by Crippen LogP contribution is 2.25. The highest BCUT2D eigenvalue weighted by molar-refractivity contribution is 7.15. The zero-order valence-electron chi connectivity index (χ0n) is 16.8. The van der Waals surface area contributed by atoms with Gasteiger partial charge >= 0.3 is 6.09 Å². The van der Waals surface area contributed by atoms with Gasteiger partial charge < -0.3 is 10.1 Å². The number of aryl methyl sites for hydroxylation is 2. The van der Waals surface area contributed by atoms with E-state index in [9.17, 15) is 9.59 Å². The van der Waals surface area contributed by atoms with Crippen molar-refractivity contribution in [3.63, 3.8) is 0 Å². The Morgan fingerprint density at radius 1 is 1.29 bits per heavy atom. The number of aromatic nitrogens is 1. The molecule has 0 aliphatic carbocycles. The van der Waals surface area contributed by atoms with Crippen LogP contribution in [-0.4, -0.2) is 29.1 Å². The smallest absolute Gasteiger partial charge is 0.414 e. The molecule has 1 N–H and O–H groups in total. The number of carbonyl (C=O) groups is 2. The maximum atomic E-state index is 12.7. The first kappa shape index (κ1) is 22.2. The van der Waals surface area contributed by atoms with Crippen LogP contribution in [0.3, 0.4) is 0 Å². The van der Waals surface area contributed by atoms with Crippen LogP contribution in [0, 0.1) is 13.8 Å². The number of ether oxygens (including phenoxy) is 1. The second kappa shape index (κ2) is 9.39. The second-order valence-electron chi connectivity index (χ2n) is 7.49. The van der Waals surface area contributed by atoms with Gasteiger partial charge in [0.15, 0.2) is 5.13 Å². The summed E-state index contributed by atoms with van der Waals surface area (Å²) in [5.41, 5.74) is 0.938. The first-order valence-corrected chi connectivity index (χ1v) is 10.2. The predicted octanol–water partition coefficient (Wildman–Crippen LogP) is 5.57. The van der Waals surface area contributed by atoms with Crippen molar-refractivity contribution >= 4 is 45.8 Å². The third-order valence-electron chi connectivity index (χ3n) is 3.72. The third kappa shape index (κ3) is 6.80. The summed E-state index contributed by atoms with van der Waals surface area (Å²) in [5, 5.41) is 3.99. The standard InChI is InChI=1S/C20H26ClN3O3S/c1-13-11-15(8-9-16(13)21)24(19(26)27-20(3,4)5)10-6-7-17(25)23-18-22-12-14(2)28-18/h8-9,11-12H,6-7,10H2,1-5H3,(H,22,23,25). The maximum Gasteiger partial charge on any atom is 0.414 e. The molecule has 0 unspecified atom stereocenters. The minimum atomic E-state index is -0.614. The van der Waals surface area contributed by atoms with E-state index in [1.54, 1.807) is 18.3 Å². The number of nitrogens with zero attached hydrogens (tertiary/aromatic N) is 2. The Labute approximate surface area is 174 Å². The summed E-state index contributed by atoms with van der Waals surface area (Å²) in [6, 6.07) is 5.36. The Bertz CT molecular complexity index is 845. The lowest BCUT2D eigenvalue weighted by molar-refractivity contribution is -0.116. The molecule has 0 bridgehead atoms. The van der Waals surface area contributed by atoms with Crippen LogP contribution in [0.15, 0.2) is 24.4 Å². The van der Waals surface area contributed by atoms with E-state index in [1.165, 1.54) is 16.2 Å². The number of carbonyl (C=O) groups excluding carboxylic acids is 2. The molecule has 0 spiro atoms. The number of thiazole rings is 1. The number of hydrogen-bond acceptors (Lipinski definition) is 5. The van der Waals surface area contributed by atoms with Gasteiger partial charge in [0.2, 0.25) is 5.91 Å². The molecule has 2 amide bonds. The van der Waals surface area contributed by atoms with Gasteiger partial charge in [-0.05, 0) is 64.8 Å². The van der Waals surface area contributed by atoms with Crippen molar-refractivity contribution in [1.29, 1.82) is 0 Å². The molecule has 152 valence electrons. The minimum Gasteiger partial charge on any atom is -0.443 e. The van der Waals surface area contributed by atoms with Gasteiger partial charge in [0.1, 0.15) is 5.60 Å². The minimum absolute atomic E-state index is 0.134. The van der Waals surface area contributed by atoms with Crippen molar-refractivity contribution in [2.45, 2.75) is 53.1 Å². The zero-order valence-corrected chi connectivity index (χ0v) is 18.4. The molecule has 6 nitrogen and oxygen atoms in total. The quantitative estimate of drug-likeness (QED) is 0.658. The summed E-state index contributed by atoms with van der Waals surface area (Å²) < 4.78 is 5.53. The van der Waals surface area contributed by atoms with Crippen LogP contribution >= 0.6 is 22.9 Å². The summed E-state index contributed by atoms with van der Waals surface area (Å²) in [6.45, 7) is 9.61. The van der Waals surface area contributed by atoms with Gasteiger partial charge in [0, 0.05) is 34.7 Å². The lowest BCUT2D eigenvalue weighted by Gasteiger charge is -2.27. The molecular weight excluding hydrogens is 398 g/mol. The molecule has 2 rings (SSSR count). The molecule has 8 heteroatoms. The summed E-state index contributed by atoms with van der Waals surface area (Å²) in [5.74, 6) is -0.134. The molecule has 1 aromatic carbocycles. The normalized spacial score (nSPS) is 11.2. The number of benzene rings is 1. The third-order valence-corrected chi connectivity index (χ3v) is 4.97. The molecule has 1 heterocycles. The molecule has 0 saturated heterocycles. The molecule has 0 aliphatic rings. The predicted molar refractivity (Wildman–Crippen MR) is 114 cm³/mol. The van der Waals surface area contributed by atoms with Crippen molar-refractivity contribution in [3.8, 4) is 0 Å². The topological polar surface area (TPSA) is 71.5 Å². The Kier molecular flexibility index (Phi) is 7.43. The van der Waals surface area contributed by atoms with Crippen LogP contribution in [0.25, 0.3) is 0 Å². The van der Waals surface area contributed by atoms with Gasteiger partial charge in [0.05, 0.1) is 0 Å². The SMILES string of the molecule is Cc1cnc(NC(=O)CCCN(C(=O)OC(C)(C)C)c2ccc(Cl)c(C)c2)s1. The Hall–Kier alpha value is -2.12. The Balaban J connectivity index is 2.03. The fraction of sp³-hybridized carbons (Fsp3) is 0.450. The average molecular weight is 424 g/mol. The number of nitrogens with one attached hydrogen (secondary N) is 1. The maximum absolute atomic E-state index is 12.7. The van der Waals surface area contributed by atoms with Crippen molar-refractivity contribution in [3.05, 3.63) is 39.9 Å². The molecular formula is C20H26ClN3O3S. The molecule has 0 fully saturated rings. The average Bonchev–Trinajstić information content (AvgIpc) is 2.97. The van der Waals surface area contributed by atoms with Crippen molar-refractivity contribution in [2.24, 2.45) is 0 Å². The molecule has 0 aliphatic heterocycles. The van der Waals surface area contributed by atoms with Crippen LogP contribution in [-0.2, 0) is 9.53 Å². The lowest BCUT2D eigenvalue weighted by atomic mass is 10.2. The fourth-order valence-electron chi connectivity index (χ4n) is 2.43. The number of amides is 2. The second-order valence-corrected chi connectivity index (χ2v) is 9.14. The number of anilines is 2.